The molecule has 1 fully saturated rings. The predicted octanol–water partition coefficient (Wildman–Crippen LogP) is 1.71. The molecule has 2 heterocycles. The van der Waals surface area contributed by atoms with Crippen LogP contribution in [0.4, 0.5) is 17.6 Å². The summed E-state index contributed by atoms with van der Waals surface area (Å²) >= 11 is 0. The highest BCUT2D eigenvalue weighted by Crippen LogP contribution is 2.33. The third kappa shape index (κ3) is 5.37. The number of alkyl halides is 3. The Labute approximate surface area is 175 Å². The van der Waals surface area contributed by atoms with E-state index in [9.17, 15) is 27.2 Å². The smallest absolute Gasteiger partial charge is 0.355 e. The number of hydrogen-bond donors (Lipinski definition) is 1. The van der Waals surface area contributed by atoms with Gasteiger partial charge in [-0.25, -0.2) is 9.07 Å². The Kier molecular flexibility index (Phi) is 6.88. The topological polar surface area (TPSA) is 83.4 Å². The van der Waals surface area contributed by atoms with E-state index < -0.39 is 29.3 Å². The fourth-order valence-corrected chi connectivity index (χ4v) is 3.38. The van der Waals surface area contributed by atoms with E-state index in [2.05, 4.69) is 15.6 Å². The number of amides is 2. The van der Waals surface area contributed by atoms with Gasteiger partial charge < -0.3 is 10.2 Å². The highest BCUT2D eigenvalue weighted by Gasteiger charge is 2.43. The third-order valence-electron chi connectivity index (χ3n) is 4.83. The highest BCUT2D eigenvalue weighted by atomic mass is 19.4. The van der Waals surface area contributed by atoms with Gasteiger partial charge in [-0.15, -0.1) is 5.10 Å². The van der Waals surface area contributed by atoms with Crippen LogP contribution in [0.15, 0.2) is 24.3 Å². The molecule has 1 saturated heterocycles. The molecular formula is C19H22F4N6O2. The molecule has 31 heavy (non-hydrogen) atoms. The zero-order valence-corrected chi connectivity index (χ0v) is 16.8. The summed E-state index contributed by atoms with van der Waals surface area (Å²) in [6.45, 7) is 3.72. The van der Waals surface area contributed by atoms with Gasteiger partial charge in [-0.2, -0.15) is 13.2 Å². The summed E-state index contributed by atoms with van der Waals surface area (Å²) in [6, 6.07) is 4.24. The maximum atomic E-state index is 13.8. The molecule has 1 aromatic carbocycles. The first-order valence-corrected chi connectivity index (χ1v) is 9.78. The van der Waals surface area contributed by atoms with Crippen molar-refractivity contribution in [2.45, 2.75) is 19.5 Å². The van der Waals surface area contributed by atoms with Gasteiger partial charge in [-0.1, -0.05) is 5.21 Å². The van der Waals surface area contributed by atoms with Crippen LogP contribution in [0.25, 0.3) is 5.69 Å². The van der Waals surface area contributed by atoms with E-state index in [-0.39, 0.29) is 31.2 Å². The van der Waals surface area contributed by atoms with Gasteiger partial charge in [-0.3, -0.25) is 14.5 Å². The number of aromatic nitrogens is 3. The normalized spacial score (nSPS) is 15.6. The van der Waals surface area contributed by atoms with Crippen molar-refractivity contribution in [2.75, 3.05) is 39.3 Å². The Balaban J connectivity index is 1.81. The number of carbonyl (C=O) groups is 2. The largest absolute Gasteiger partial charge is 0.435 e. The number of likely N-dealkylation sites (N-methyl/N-ethyl adjacent to an activating group) is 1. The van der Waals surface area contributed by atoms with E-state index in [1.54, 1.807) is 6.92 Å². The highest BCUT2D eigenvalue weighted by molar-refractivity contribution is 5.93. The number of carbonyl (C=O) groups excluding carboxylic acids is 2. The van der Waals surface area contributed by atoms with Crippen LogP contribution in [0.3, 0.4) is 0 Å². The van der Waals surface area contributed by atoms with Crippen molar-refractivity contribution in [1.29, 1.82) is 0 Å². The van der Waals surface area contributed by atoms with Crippen molar-refractivity contribution in [2.24, 2.45) is 0 Å². The molecule has 0 unspecified atom stereocenters. The molecule has 0 aliphatic carbocycles. The number of rotatable bonds is 5. The van der Waals surface area contributed by atoms with Crippen molar-refractivity contribution in [1.82, 2.24) is 30.1 Å². The van der Waals surface area contributed by atoms with Crippen LogP contribution < -0.4 is 5.32 Å². The maximum absolute atomic E-state index is 13.8. The lowest BCUT2D eigenvalue weighted by Crippen LogP contribution is -2.40. The summed E-state index contributed by atoms with van der Waals surface area (Å²) in [7, 11) is 0. The summed E-state index contributed by atoms with van der Waals surface area (Å²) in [6.07, 6.45) is -4.41. The fraction of sp³-hybridized carbons (Fsp3) is 0.474. The Morgan fingerprint density at radius 3 is 2.45 bits per heavy atom. The summed E-state index contributed by atoms with van der Waals surface area (Å²) in [5.41, 5.74) is -2.19. The Morgan fingerprint density at radius 2 is 1.81 bits per heavy atom. The van der Waals surface area contributed by atoms with Gasteiger partial charge in [0, 0.05) is 32.7 Å². The first kappa shape index (κ1) is 22.7. The van der Waals surface area contributed by atoms with Crippen molar-refractivity contribution in [3.05, 3.63) is 41.5 Å². The molecule has 2 amide bonds. The van der Waals surface area contributed by atoms with E-state index >= 15 is 0 Å². The molecule has 0 spiro atoms. The van der Waals surface area contributed by atoms with Gasteiger partial charge in [0.05, 0.1) is 12.2 Å². The molecule has 12 heteroatoms. The second-order valence-corrected chi connectivity index (χ2v) is 7.05. The average Bonchev–Trinajstić information content (AvgIpc) is 3.03. The Bertz CT molecular complexity index is 928. The van der Waals surface area contributed by atoms with Crippen molar-refractivity contribution >= 4 is 11.8 Å². The van der Waals surface area contributed by atoms with Gasteiger partial charge in [0.1, 0.15) is 5.82 Å². The summed E-state index contributed by atoms with van der Waals surface area (Å²) in [4.78, 5) is 27.8. The third-order valence-corrected chi connectivity index (χ3v) is 4.83. The van der Waals surface area contributed by atoms with Gasteiger partial charge >= 0.3 is 6.18 Å². The zero-order chi connectivity index (χ0) is 22.6. The molecule has 1 N–H and O–H groups in total. The maximum Gasteiger partial charge on any atom is 0.435 e. The Hall–Kier alpha value is -3.02. The quantitative estimate of drug-likeness (QED) is 0.713. The number of hydrogen-bond acceptors (Lipinski definition) is 5. The van der Waals surface area contributed by atoms with E-state index in [4.69, 9.17) is 0 Å². The number of nitrogens with one attached hydrogen (secondary N) is 1. The standard InChI is InChI=1S/C19H22F4N6O2/c1-2-24-15(30)12-27-8-3-9-28(11-10-27)18(31)16-17(19(21,22)23)29(26-25-16)14-6-4-13(20)5-7-14/h4-7H,2-3,8-12H2,1H3,(H,24,30). The molecule has 0 bridgehead atoms. The van der Waals surface area contributed by atoms with E-state index in [1.807, 2.05) is 4.90 Å². The van der Waals surface area contributed by atoms with Crippen LogP contribution in [0.2, 0.25) is 0 Å². The van der Waals surface area contributed by atoms with E-state index in [1.165, 1.54) is 4.90 Å². The lowest BCUT2D eigenvalue weighted by atomic mass is 10.2. The van der Waals surface area contributed by atoms with Crippen molar-refractivity contribution in [3.8, 4) is 5.69 Å². The predicted molar refractivity (Wildman–Crippen MR) is 102 cm³/mol. The van der Waals surface area contributed by atoms with E-state index in [0.29, 0.717) is 30.7 Å². The lowest BCUT2D eigenvalue weighted by Gasteiger charge is -2.21. The molecule has 3 rings (SSSR count). The van der Waals surface area contributed by atoms with Gasteiger partial charge in [0.2, 0.25) is 5.91 Å². The van der Waals surface area contributed by atoms with Gasteiger partial charge in [0.25, 0.3) is 5.91 Å². The SMILES string of the molecule is CCNC(=O)CN1CCCN(C(=O)c2nnn(-c3ccc(F)cc3)c2C(F)(F)F)CC1. The van der Waals surface area contributed by atoms with Crippen LogP contribution in [-0.2, 0) is 11.0 Å². The van der Waals surface area contributed by atoms with Crippen LogP contribution >= 0.6 is 0 Å². The first-order valence-electron chi connectivity index (χ1n) is 9.78. The summed E-state index contributed by atoms with van der Waals surface area (Å²) < 4.78 is 55.0. The number of halogens is 4. The second kappa shape index (κ2) is 9.41. The van der Waals surface area contributed by atoms with E-state index in [0.717, 1.165) is 24.3 Å². The molecule has 2 aromatic rings. The molecule has 0 atom stereocenters. The average molecular weight is 442 g/mol. The minimum absolute atomic E-state index is 0.0655. The zero-order valence-electron chi connectivity index (χ0n) is 16.8. The van der Waals surface area contributed by atoms with Crippen LogP contribution in [0, 0.1) is 5.82 Å². The van der Waals surface area contributed by atoms with Crippen molar-refractivity contribution < 1.29 is 27.2 Å². The van der Waals surface area contributed by atoms with Crippen LogP contribution in [0.1, 0.15) is 29.5 Å². The van der Waals surface area contributed by atoms with Crippen molar-refractivity contribution in [3.63, 3.8) is 0 Å². The minimum atomic E-state index is -4.90. The lowest BCUT2D eigenvalue weighted by molar-refractivity contribution is -0.143. The minimum Gasteiger partial charge on any atom is -0.355 e. The molecule has 0 radical (unpaired) electrons. The number of nitrogens with zero attached hydrogens (tertiary/aromatic N) is 5. The van der Waals surface area contributed by atoms with Crippen LogP contribution in [0.5, 0.6) is 0 Å². The van der Waals surface area contributed by atoms with Crippen LogP contribution in [-0.4, -0.2) is 75.9 Å². The molecule has 1 aliphatic rings. The molecular weight excluding hydrogens is 420 g/mol. The van der Waals surface area contributed by atoms with Gasteiger partial charge in [-0.05, 0) is 37.6 Å². The summed E-state index contributed by atoms with van der Waals surface area (Å²) in [5.74, 6) is -1.65. The molecule has 1 aromatic heterocycles. The molecule has 168 valence electrons. The number of benzene rings is 1. The first-order chi connectivity index (χ1) is 14.7. The fourth-order valence-electron chi connectivity index (χ4n) is 3.38. The molecule has 8 nitrogen and oxygen atoms in total. The second-order valence-electron chi connectivity index (χ2n) is 7.05. The summed E-state index contributed by atoms with van der Waals surface area (Å²) in [5, 5.41) is 9.71. The molecule has 0 saturated carbocycles. The molecule has 1 aliphatic heterocycles. The Morgan fingerprint density at radius 1 is 1.10 bits per heavy atom. The van der Waals surface area contributed by atoms with Gasteiger partial charge in [0.15, 0.2) is 11.4 Å². The monoisotopic (exact) mass is 442 g/mol.